The summed E-state index contributed by atoms with van der Waals surface area (Å²) in [5.41, 5.74) is 0.238. The van der Waals surface area contributed by atoms with E-state index in [0.717, 1.165) is 6.07 Å². The molecule has 0 aliphatic carbocycles. The molecular weight excluding hydrogens is 277 g/mol. The third kappa shape index (κ3) is 4.48. The van der Waals surface area contributed by atoms with Crippen molar-refractivity contribution in [2.45, 2.75) is 12.5 Å². The van der Waals surface area contributed by atoms with Crippen molar-refractivity contribution in [3.63, 3.8) is 0 Å². The fraction of sp³-hybridized carbons (Fsp3) is 0.417. The Labute approximate surface area is 115 Å². The van der Waals surface area contributed by atoms with Crippen LogP contribution in [0.4, 0.5) is 4.39 Å². The molecule has 0 bridgehead atoms. The van der Waals surface area contributed by atoms with Crippen LogP contribution in [0.3, 0.4) is 0 Å². The van der Waals surface area contributed by atoms with Crippen molar-refractivity contribution in [2.75, 3.05) is 18.6 Å². The highest BCUT2D eigenvalue weighted by atomic mass is 35.5. The van der Waals surface area contributed by atoms with E-state index in [4.69, 9.17) is 16.7 Å². The fourth-order valence-corrected chi connectivity index (χ4v) is 2.40. The summed E-state index contributed by atoms with van der Waals surface area (Å²) < 4.78 is 12.9. The Bertz CT molecular complexity index is 411. The Morgan fingerprint density at radius 3 is 2.89 bits per heavy atom. The molecular formula is C12H15ClFNO2S. The van der Waals surface area contributed by atoms with Gasteiger partial charge in [0, 0.05) is 18.4 Å². The van der Waals surface area contributed by atoms with Gasteiger partial charge in [0.15, 0.2) is 0 Å². The molecule has 2 N–H and O–H groups in total. The largest absolute Gasteiger partial charge is 0.396 e. The van der Waals surface area contributed by atoms with E-state index in [2.05, 4.69) is 5.32 Å². The van der Waals surface area contributed by atoms with Crippen molar-refractivity contribution in [1.29, 1.82) is 0 Å². The second-order valence-electron chi connectivity index (χ2n) is 3.76. The highest BCUT2D eigenvalue weighted by Gasteiger charge is 2.15. The summed E-state index contributed by atoms with van der Waals surface area (Å²) in [7, 11) is 0. The maximum Gasteiger partial charge on any atom is 0.253 e. The predicted molar refractivity (Wildman–Crippen MR) is 72.7 cm³/mol. The van der Waals surface area contributed by atoms with Gasteiger partial charge in [-0.15, -0.1) is 0 Å². The number of nitrogens with one attached hydrogen (secondary N) is 1. The molecule has 0 fully saturated rings. The fourth-order valence-electron chi connectivity index (χ4n) is 1.49. The number of aliphatic hydroxyl groups excluding tert-OH is 1. The lowest BCUT2D eigenvalue weighted by Crippen LogP contribution is -2.37. The number of rotatable bonds is 6. The molecule has 0 aromatic heterocycles. The molecule has 0 saturated heterocycles. The standard InChI is InChI=1S/C12H15ClFNO2S/c1-18-7-9(4-5-16)15-12(17)10-3-2-8(14)6-11(10)13/h2-3,6,9,16H,4-5,7H2,1H3,(H,15,17). The zero-order valence-electron chi connectivity index (χ0n) is 9.95. The van der Waals surface area contributed by atoms with Gasteiger partial charge < -0.3 is 10.4 Å². The molecule has 1 atom stereocenters. The first-order chi connectivity index (χ1) is 8.58. The van der Waals surface area contributed by atoms with Crippen LogP contribution in [0.1, 0.15) is 16.8 Å². The minimum atomic E-state index is -0.479. The lowest BCUT2D eigenvalue weighted by atomic mass is 10.1. The van der Waals surface area contributed by atoms with E-state index >= 15 is 0 Å². The van der Waals surface area contributed by atoms with Crippen molar-refractivity contribution in [2.24, 2.45) is 0 Å². The maximum absolute atomic E-state index is 12.9. The molecule has 0 spiro atoms. The number of hydrogen-bond acceptors (Lipinski definition) is 3. The molecule has 1 aromatic carbocycles. The van der Waals surface area contributed by atoms with E-state index in [1.807, 2.05) is 6.26 Å². The van der Waals surface area contributed by atoms with E-state index in [1.54, 1.807) is 11.8 Å². The minimum Gasteiger partial charge on any atom is -0.396 e. The molecule has 100 valence electrons. The number of amides is 1. The normalized spacial score (nSPS) is 12.2. The van der Waals surface area contributed by atoms with Crippen LogP contribution in [0.15, 0.2) is 18.2 Å². The van der Waals surface area contributed by atoms with Crippen LogP contribution in [0.25, 0.3) is 0 Å². The van der Waals surface area contributed by atoms with Crippen LogP contribution >= 0.6 is 23.4 Å². The Morgan fingerprint density at radius 2 is 2.33 bits per heavy atom. The third-order valence-electron chi connectivity index (χ3n) is 2.36. The van der Waals surface area contributed by atoms with Gasteiger partial charge in [-0.1, -0.05) is 11.6 Å². The van der Waals surface area contributed by atoms with Crippen molar-refractivity contribution >= 4 is 29.3 Å². The van der Waals surface area contributed by atoms with E-state index in [0.29, 0.717) is 12.2 Å². The molecule has 1 aromatic rings. The number of hydrogen-bond donors (Lipinski definition) is 2. The van der Waals surface area contributed by atoms with Crippen LogP contribution in [0, 0.1) is 5.82 Å². The van der Waals surface area contributed by atoms with Crippen LogP contribution in [-0.4, -0.2) is 35.7 Å². The Morgan fingerprint density at radius 1 is 1.61 bits per heavy atom. The zero-order chi connectivity index (χ0) is 13.5. The summed E-state index contributed by atoms with van der Waals surface area (Å²) in [6.07, 6.45) is 2.40. The molecule has 1 amide bonds. The lowest BCUT2D eigenvalue weighted by molar-refractivity contribution is 0.0935. The second-order valence-corrected chi connectivity index (χ2v) is 5.08. The SMILES string of the molecule is CSCC(CCO)NC(=O)c1ccc(F)cc1Cl. The molecule has 1 unspecified atom stereocenters. The quantitative estimate of drug-likeness (QED) is 0.846. The molecule has 6 heteroatoms. The first-order valence-corrected chi connectivity index (χ1v) is 7.21. The summed E-state index contributed by atoms with van der Waals surface area (Å²) >= 11 is 7.38. The van der Waals surface area contributed by atoms with E-state index < -0.39 is 5.82 Å². The van der Waals surface area contributed by atoms with Crippen LogP contribution in [0.2, 0.25) is 5.02 Å². The average Bonchev–Trinajstić information content (AvgIpc) is 2.29. The van der Waals surface area contributed by atoms with Gasteiger partial charge in [0.25, 0.3) is 5.91 Å². The molecule has 18 heavy (non-hydrogen) atoms. The highest BCUT2D eigenvalue weighted by molar-refractivity contribution is 7.98. The first kappa shape index (κ1) is 15.3. The van der Waals surface area contributed by atoms with Gasteiger partial charge >= 0.3 is 0 Å². The number of benzene rings is 1. The van der Waals surface area contributed by atoms with Gasteiger partial charge in [0.2, 0.25) is 0 Å². The summed E-state index contributed by atoms with van der Waals surface area (Å²) in [5.74, 6) is -0.134. The maximum atomic E-state index is 12.9. The first-order valence-electron chi connectivity index (χ1n) is 5.44. The average molecular weight is 292 g/mol. The van der Waals surface area contributed by atoms with E-state index in [1.165, 1.54) is 12.1 Å². The summed E-state index contributed by atoms with van der Waals surface area (Å²) in [6, 6.07) is 3.52. The summed E-state index contributed by atoms with van der Waals surface area (Å²) in [4.78, 5) is 11.9. The van der Waals surface area contributed by atoms with Gasteiger partial charge in [-0.05, 0) is 30.9 Å². The Kier molecular flexibility index (Phi) is 6.46. The van der Waals surface area contributed by atoms with Crippen LogP contribution in [0.5, 0.6) is 0 Å². The number of thioether (sulfide) groups is 1. The van der Waals surface area contributed by atoms with Gasteiger partial charge in [-0.25, -0.2) is 4.39 Å². The predicted octanol–water partition coefficient (Wildman–Crippen LogP) is 2.32. The summed E-state index contributed by atoms with van der Waals surface area (Å²) in [6.45, 7) is 0.00264. The summed E-state index contributed by atoms with van der Waals surface area (Å²) in [5, 5.41) is 11.8. The molecule has 1 rings (SSSR count). The second kappa shape index (κ2) is 7.61. The Hall–Kier alpha value is -0.780. The van der Waals surface area contributed by atoms with Crippen molar-refractivity contribution < 1.29 is 14.3 Å². The molecule has 0 aliphatic rings. The number of carbonyl (C=O) groups is 1. The molecule has 0 radical (unpaired) electrons. The Balaban J connectivity index is 2.73. The number of halogens is 2. The van der Waals surface area contributed by atoms with Gasteiger partial charge in [-0.2, -0.15) is 11.8 Å². The highest BCUT2D eigenvalue weighted by Crippen LogP contribution is 2.17. The smallest absolute Gasteiger partial charge is 0.253 e. The van der Waals surface area contributed by atoms with Crippen molar-refractivity contribution in [3.8, 4) is 0 Å². The molecule has 0 aliphatic heterocycles. The molecule has 3 nitrogen and oxygen atoms in total. The number of aliphatic hydroxyl groups is 1. The molecule has 0 heterocycles. The van der Waals surface area contributed by atoms with Crippen molar-refractivity contribution in [3.05, 3.63) is 34.6 Å². The minimum absolute atomic E-state index is 0.00264. The van der Waals surface area contributed by atoms with E-state index in [9.17, 15) is 9.18 Å². The van der Waals surface area contributed by atoms with Crippen LogP contribution < -0.4 is 5.32 Å². The molecule has 0 saturated carbocycles. The van der Waals surface area contributed by atoms with E-state index in [-0.39, 0.29) is 29.1 Å². The van der Waals surface area contributed by atoms with Gasteiger partial charge in [-0.3, -0.25) is 4.79 Å². The van der Waals surface area contributed by atoms with Crippen LogP contribution in [-0.2, 0) is 0 Å². The van der Waals surface area contributed by atoms with Crippen molar-refractivity contribution in [1.82, 2.24) is 5.32 Å². The van der Waals surface area contributed by atoms with Gasteiger partial charge in [0.1, 0.15) is 5.82 Å². The topological polar surface area (TPSA) is 49.3 Å². The van der Waals surface area contributed by atoms with Gasteiger partial charge in [0.05, 0.1) is 10.6 Å². The lowest BCUT2D eigenvalue weighted by Gasteiger charge is -2.17. The zero-order valence-corrected chi connectivity index (χ0v) is 11.5. The third-order valence-corrected chi connectivity index (χ3v) is 3.40. The monoisotopic (exact) mass is 291 g/mol. The number of carbonyl (C=O) groups excluding carboxylic acids is 1.